The van der Waals surface area contributed by atoms with Gasteiger partial charge in [-0.05, 0) is 49.5 Å². The molecule has 1 aliphatic rings. The molecule has 4 heterocycles. The van der Waals surface area contributed by atoms with E-state index in [9.17, 15) is 4.79 Å². The van der Waals surface area contributed by atoms with Crippen LogP contribution in [0.15, 0.2) is 45.7 Å². The van der Waals surface area contributed by atoms with Crippen molar-refractivity contribution in [3.8, 4) is 9.88 Å². The zero-order valence-electron chi connectivity index (χ0n) is 15.1. The second-order valence-electron chi connectivity index (χ2n) is 6.73. The maximum atomic E-state index is 12.5. The first kappa shape index (κ1) is 18.4. The highest BCUT2D eigenvalue weighted by molar-refractivity contribution is 7.20. The maximum absolute atomic E-state index is 12.5. The highest BCUT2D eigenvalue weighted by atomic mass is 32.1. The highest BCUT2D eigenvalue weighted by Crippen LogP contribution is 2.28. The first-order valence-corrected chi connectivity index (χ1v) is 11.1. The zero-order valence-corrected chi connectivity index (χ0v) is 16.7. The topological polar surface area (TPSA) is 58.4 Å². The van der Waals surface area contributed by atoms with Crippen molar-refractivity contribution < 1.29 is 9.21 Å². The van der Waals surface area contributed by atoms with E-state index >= 15 is 0 Å². The molecule has 0 bridgehead atoms. The van der Waals surface area contributed by atoms with E-state index < -0.39 is 0 Å². The number of piperidine rings is 1. The molecule has 0 radical (unpaired) electrons. The molecule has 1 atom stereocenters. The molecule has 1 aliphatic heterocycles. The third kappa shape index (κ3) is 4.66. The van der Waals surface area contributed by atoms with Crippen LogP contribution in [0.5, 0.6) is 0 Å². The first-order chi connectivity index (χ1) is 13.3. The van der Waals surface area contributed by atoms with Crippen LogP contribution in [0.25, 0.3) is 9.88 Å². The lowest BCUT2D eigenvalue weighted by Gasteiger charge is -2.33. The Morgan fingerprint density at radius 3 is 2.85 bits per heavy atom. The number of hydrogen-bond acceptors (Lipinski definition) is 6. The van der Waals surface area contributed by atoms with Gasteiger partial charge in [0.25, 0.3) is 0 Å². The van der Waals surface area contributed by atoms with Crippen molar-refractivity contribution in [2.24, 2.45) is 0 Å². The van der Waals surface area contributed by atoms with Crippen LogP contribution in [-0.4, -0.2) is 35.4 Å². The Hall–Kier alpha value is -1.96. The summed E-state index contributed by atoms with van der Waals surface area (Å²) < 4.78 is 5.64. The molecule has 1 saturated heterocycles. The molecule has 1 N–H and O–H groups in total. The van der Waals surface area contributed by atoms with Crippen molar-refractivity contribution in [3.05, 3.63) is 52.7 Å². The van der Waals surface area contributed by atoms with Gasteiger partial charge in [0, 0.05) is 11.9 Å². The van der Waals surface area contributed by atoms with Crippen molar-refractivity contribution in [2.45, 2.75) is 31.7 Å². The molecule has 7 heteroatoms. The standard InChI is InChI=1S/C20H23N3O2S2/c24-19(12-15-14-27-20(22-15)18-7-5-11-26-18)21-13-16(17-6-4-10-25-17)23-8-2-1-3-9-23/h4-7,10-11,14,16H,1-3,8-9,12-13H2,(H,21,24)/t16-/m0/s1. The lowest BCUT2D eigenvalue weighted by Crippen LogP contribution is -2.40. The van der Waals surface area contributed by atoms with Gasteiger partial charge in [0.15, 0.2) is 0 Å². The molecule has 142 valence electrons. The molecular formula is C20H23N3O2S2. The SMILES string of the molecule is O=C(Cc1csc(-c2cccs2)n1)NC[C@@H](c1ccco1)N1CCCCC1. The predicted molar refractivity (Wildman–Crippen MR) is 109 cm³/mol. The minimum atomic E-state index is 0.00611. The van der Waals surface area contributed by atoms with Gasteiger partial charge in [-0.3, -0.25) is 9.69 Å². The predicted octanol–water partition coefficient (Wildman–Crippen LogP) is 4.35. The molecule has 1 amide bonds. The lowest BCUT2D eigenvalue weighted by atomic mass is 10.1. The molecule has 1 fully saturated rings. The molecular weight excluding hydrogens is 378 g/mol. The number of likely N-dealkylation sites (tertiary alicyclic amines) is 1. The Morgan fingerprint density at radius 2 is 2.11 bits per heavy atom. The van der Waals surface area contributed by atoms with Crippen molar-refractivity contribution in [1.82, 2.24) is 15.2 Å². The summed E-state index contributed by atoms with van der Waals surface area (Å²) in [5.74, 6) is 0.928. The minimum absolute atomic E-state index is 0.00611. The third-order valence-electron chi connectivity index (χ3n) is 4.82. The fraction of sp³-hybridized carbons (Fsp3) is 0.400. The van der Waals surface area contributed by atoms with Crippen LogP contribution in [0.3, 0.4) is 0 Å². The molecule has 27 heavy (non-hydrogen) atoms. The lowest BCUT2D eigenvalue weighted by molar-refractivity contribution is -0.120. The van der Waals surface area contributed by atoms with Gasteiger partial charge in [-0.1, -0.05) is 12.5 Å². The van der Waals surface area contributed by atoms with Gasteiger partial charge in [-0.2, -0.15) is 0 Å². The van der Waals surface area contributed by atoms with Crippen LogP contribution in [0, 0.1) is 0 Å². The van der Waals surface area contributed by atoms with Crippen LogP contribution in [-0.2, 0) is 11.2 Å². The van der Waals surface area contributed by atoms with E-state index in [0.29, 0.717) is 13.0 Å². The molecule has 3 aromatic heterocycles. The summed E-state index contributed by atoms with van der Waals surface area (Å²) >= 11 is 3.26. The summed E-state index contributed by atoms with van der Waals surface area (Å²) in [4.78, 5) is 20.6. The Labute approximate surface area is 167 Å². The van der Waals surface area contributed by atoms with Gasteiger partial charge in [0.05, 0.1) is 29.3 Å². The summed E-state index contributed by atoms with van der Waals surface area (Å²) in [5.41, 5.74) is 0.827. The number of nitrogens with one attached hydrogen (secondary N) is 1. The van der Waals surface area contributed by atoms with Crippen LogP contribution >= 0.6 is 22.7 Å². The zero-order chi connectivity index (χ0) is 18.5. The van der Waals surface area contributed by atoms with Gasteiger partial charge in [0.1, 0.15) is 10.8 Å². The smallest absolute Gasteiger partial charge is 0.226 e. The summed E-state index contributed by atoms with van der Waals surface area (Å²) in [6.45, 7) is 2.67. The van der Waals surface area contributed by atoms with Crippen molar-refractivity contribution in [2.75, 3.05) is 19.6 Å². The number of rotatable bonds is 7. The monoisotopic (exact) mass is 401 g/mol. The van der Waals surface area contributed by atoms with Gasteiger partial charge in [-0.15, -0.1) is 22.7 Å². The molecule has 0 spiro atoms. The number of furan rings is 1. The Morgan fingerprint density at radius 1 is 1.22 bits per heavy atom. The second kappa shape index (κ2) is 8.82. The number of thiophene rings is 1. The van der Waals surface area contributed by atoms with Crippen molar-refractivity contribution >= 4 is 28.6 Å². The Kier molecular flexibility index (Phi) is 6.01. The van der Waals surface area contributed by atoms with Crippen LogP contribution in [0.1, 0.15) is 36.8 Å². The van der Waals surface area contributed by atoms with E-state index in [0.717, 1.165) is 34.4 Å². The summed E-state index contributed by atoms with van der Waals surface area (Å²) in [6, 6.07) is 8.08. The molecule has 4 rings (SSSR count). The van der Waals surface area contributed by atoms with E-state index in [-0.39, 0.29) is 11.9 Å². The number of thiazole rings is 1. The average molecular weight is 402 g/mol. The second-order valence-corrected chi connectivity index (χ2v) is 8.54. The molecule has 5 nitrogen and oxygen atoms in total. The van der Waals surface area contributed by atoms with E-state index in [4.69, 9.17) is 4.42 Å². The number of aromatic nitrogens is 1. The number of nitrogens with zero attached hydrogens (tertiary/aromatic N) is 2. The third-order valence-corrected chi connectivity index (χ3v) is 6.75. The maximum Gasteiger partial charge on any atom is 0.226 e. The molecule has 3 aromatic rings. The average Bonchev–Trinajstić information content (AvgIpc) is 3.45. The van der Waals surface area contributed by atoms with E-state index in [2.05, 4.69) is 21.3 Å². The highest BCUT2D eigenvalue weighted by Gasteiger charge is 2.25. The van der Waals surface area contributed by atoms with Crippen LogP contribution in [0.4, 0.5) is 0 Å². The van der Waals surface area contributed by atoms with Crippen molar-refractivity contribution in [3.63, 3.8) is 0 Å². The normalized spacial score (nSPS) is 16.3. The largest absolute Gasteiger partial charge is 0.468 e. The summed E-state index contributed by atoms with van der Waals surface area (Å²) in [6.07, 6.45) is 5.71. The quantitative estimate of drug-likeness (QED) is 0.639. The summed E-state index contributed by atoms with van der Waals surface area (Å²) in [7, 11) is 0. The number of hydrogen-bond donors (Lipinski definition) is 1. The van der Waals surface area contributed by atoms with Crippen molar-refractivity contribution in [1.29, 1.82) is 0 Å². The molecule has 0 aromatic carbocycles. The van der Waals surface area contributed by atoms with Gasteiger partial charge in [-0.25, -0.2) is 4.98 Å². The van der Waals surface area contributed by atoms with Gasteiger partial charge in [0.2, 0.25) is 5.91 Å². The first-order valence-electron chi connectivity index (χ1n) is 9.32. The number of carbonyl (C=O) groups is 1. The summed E-state index contributed by atoms with van der Waals surface area (Å²) in [5, 5.41) is 8.08. The Balaban J connectivity index is 1.35. The molecule has 0 saturated carbocycles. The fourth-order valence-electron chi connectivity index (χ4n) is 3.46. The van der Waals surface area contributed by atoms with Crippen LogP contribution < -0.4 is 5.32 Å². The van der Waals surface area contributed by atoms with Gasteiger partial charge < -0.3 is 9.73 Å². The van der Waals surface area contributed by atoms with E-state index in [1.165, 1.54) is 19.3 Å². The van der Waals surface area contributed by atoms with E-state index in [1.807, 2.05) is 29.0 Å². The number of amides is 1. The van der Waals surface area contributed by atoms with Crippen LogP contribution in [0.2, 0.25) is 0 Å². The van der Waals surface area contributed by atoms with E-state index in [1.54, 1.807) is 28.9 Å². The Bertz CT molecular complexity index is 837. The van der Waals surface area contributed by atoms with Gasteiger partial charge >= 0.3 is 0 Å². The molecule has 0 aliphatic carbocycles. The molecule has 0 unspecified atom stereocenters. The fourth-order valence-corrected chi connectivity index (χ4v) is 5.09. The minimum Gasteiger partial charge on any atom is -0.468 e. The number of carbonyl (C=O) groups excluding carboxylic acids is 1.